The Morgan fingerprint density at radius 3 is 2.37 bits per heavy atom. The third-order valence-corrected chi connectivity index (χ3v) is 10.3. The molecule has 1 fully saturated rings. The number of carbonyl (C=O) groups excluding carboxylic acids is 1. The van der Waals surface area contributed by atoms with Gasteiger partial charge in [0.25, 0.3) is 0 Å². The van der Waals surface area contributed by atoms with Gasteiger partial charge >= 0.3 is 0 Å². The first-order valence-corrected chi connectivity index (χ1v) is 15.1. The molecule has 0 bridgehead atoms. The summed E-state index contributed by atoms with van der Waals surface area (Å²) in [5, 5.41) is 3.29. The third-order valence-electron chi connectivity index (χ3n) is 6.56. The number of sulfonamides is 2. The van der Waals surface area contributed by atoms with Gasteiger partial charge in [-0.2, -0.15) is 8.61 Å². The molecule has 2 aromatic carbocycles. The number of piperazine rings is 1. The Hall–Kier alpha value is -3.12. The zero-order valence-electron chi connectivity index (χ0n) is 21.7. The monoisotopic (exact) mass is 556 g/mol. The van der Waals surface area contributed by atoms with E-state index < -0.39 is 32.0 Å². The van der Waals surface area contributed by atoms with Gasteiger partial charge in [0.2, 0.25) is 26.0 Å². The van der Waals surface area contributed by atoms with Crippen LogP contribution in [0.2, 0.25) is 0 Å². The molecule has 1 aliphatic rings. The van der Waals surface area contributed by atoms with Crippen LogP contribution in [0.3, 0.4) is 0 Å². The van der Waals surface area contributed by atoms with Gasteiger partial charge in [-0.05, 0) is 47.4 Å². The SMILES string of the molecule is C=CCNC(=O)[C@H]1CN(S(=O)(=O)c2ccc3ncccc3c2)CCN1S(=O)(=O)c1ccc(C(C)(C)C)cc1. The molecular formula is C27H32N4O5S2. The van der Waals surface area contributed by atoms with Crippen LogP contribution in [0.1, 0.15) is 26.3 Å². The van der Waals surface area contributed by atoms with E-state index in [0.717, 1.165) is 14.2 Å². The number of carbonyl (C=O) groups is 1. The molecule has 0 unspecified atom stereocenters. The molecule has 202 valence electrons. The molecule has 1 N–H and O–H groups in total. The van der Waals surface area contributed by atoms with Crippen LogP contribution < -0.4 is 5.32 Å². The number of aromatic nitrogens is 1. The highest BCUT2D eigenvalue weighted by Crippen LogP contribution is 2.29. The summed E-state index contributed by atoms with van der Waals surface area (Å²) in [6.45, 7) is 9.19. The summed E-state index contributed by atoms with van der Waals surface area (Å²) in [5.74, 6) is -0.595. The Morgan fingerprint density at radius 1 is 1.03 bits per heavy atom. The van der Waals surface area contributed by atoms with Crippen molar-refractivity contribution in [2.75, 3.05) is 26.2 Å². The molecule has 3 aromatic rings. The van der Waals surface area contributed by atoms with Crippen LogP contribution in [0.25, 0.3) is 10.9 Å². The van der Waals surface area contributed by atoms with Gasteiger partial charge in [-0.1, -0.05) is 45.0 Å². The molecule has 9 nitrogen and oxygen atoms in total. The van der Waals surface area contributed by atoms with Gasteiger partial charge < -0.3 is 5.32 Å². The fourth-order valence-corrected chi connectivity index (χ4v) is 7.42. The summed E-state index contributed by atoms with van der Waals surface area (Å²) in [5.41, 5.74) is 1.47. The summed E-state index contributed by atoms with van der Waals surface area (Å²) in [6, 6.07) is 13.4. The van der Waals surface area contributed by atoms with Crippen LogP contribution in [-0.4, -0.2) is 68.6 Å². The number of amides is 1. The summed E-state index contributed by atoms with van der Waals surface area (Å²) < 4.78 is 56.7. The van der Waals surface area contributed by atoms with Gasteiger partial charge in [0, 0.05) is 37.8 Å². The van der Waals surface area contributed by atoms with E-state index in [9.17, 15) is 21.6 Å². The Labute approximate surface area is 224 Å². The molecule has 0 aliphatic carbocycles. The van der Waals surface area contributed by atoms with E-state index >= 15 is 0 Å². The number of benzene rings is 2. The van der Waals surface area contributed by atoms with Crippen LogP contribution in [0.5, 0.6) is 0 Å². The summed E-state index contributed by atoms with van der Waals surface area (Å²) in [4.78, 5) is 17.4. The first kappa shape index (κ1) is 27.9. The van der Waals surface area contributed by atoms with Crippen LogP contribution in [0, 0.1) is 0 Å². The highest BCUT2D eigenvalue weighted by Gasteiger charge is 2.43. The van der Waals surface area contributed by atoms with E-state index in [2.05, 4.69) is 16.9 Å². The molecule has 11 heteroatoms. The van der Waals surface area contributed by atoms with E-state index in [1.54, 1.807) is 36.5 Å². The minimum Gasteiger partial charge on any atom is -0.351 e. The fraction of sp³-hybridized carbons (Fsp3) is 0.333. The zero-order chi connectivity index (χ0) is 27.7. The third kappa shape index (κ3) is 5.51. The lowest BCUT2D eigenvalue weighted by atomic mass is 9.87. The molecule has 0 saturated carbocycles. The maximum atomic E-state index is 13.7. The van der Waals surface area contributed by atoms with Crippen molar-refractivity contribution in [2.24, 2.45) is 0 Å². The molecule has 1 amide bonds. The van der Waals surface area contributed by atoms with E-state index in [4.69, 9.17) is 0 Å². The molecule has 2 heterocycles. The van der Waals surface area contributed by atoms with E-state index in [1.165, 1.54) is 30.3 Å². The average molecular weight is 557 g/mol. The minimum atomic E-state index is -4.09. The highest BCUT2D eigenvalue weighted by molar-refractivity contribution is 7.89. The summed E-state index contributed by atoms with van der Waals surface area (Å²) in [7, 11) is -8.10. The van der Waals surface area contributed by atoms with Gasteiger partial charge in [-0.3, -0.25) is 9.78 Å². The molecule has 1 atom stereocenters. The molecule has 4 rings (SSSR count). The second kappa shape index (κ2) is 10.6. The van der Waals surface area contributed by atoms with Gasteiger partial charge in [-0.25, -0.2) is 16.8 Å². The zero-order valence-corrected chi connectivity index (χ0v) is 23.3. The normalized spacial score (nSPS) is 17.8. The highest BCUT2D eigenvalue weighted by atomic mass is 32.2. The van der Waals surface area contributed by atoms with E-state index in [1.807, 2.05) is 20.8 Å². The maximum absolute atomic E-state index is 13.7. The number of hydrogen-bond donors (Lipinski definition) is 1. The molecule has 0 spiro atoms. The second-order valence-corrected chi connectivity index (χ2v) is 14.0. The Balaban J connectivity index is 1.66. The summed E-state index contributed by atoms with van der Waals surface area (Å²) in [6.07, 6.45) is 3.10. The van der Waals surface area contributed by atoms with E-state index in [0.29, 0.717) is 10.9 Å². The Kier molecular flexibility index (Phi) is 7.76. The summed E-state index contributed by atoms with van der Waals surface area (Å²) >= 11 is 0. The van der Waals surface area contributed by atoms with Crippen molar-refractivity contribution in [3.63, 3.8) is 0 Å². The smallest absolute Gasteiger partial charge is 0.243 e. The number of pyridine rings is 1. The number of hydrogen-bond acceptors (Lipinski definition) is 6. The van der Waals surface area contributed by atoms with Crippen LogP contribution in [0.15, 0.2) is 83.2 Å². The van der Waals surface area contributed by atoms with Crippen molar-refractivity contribution in [1.29, 1.82) is 0 Å². The van der Waals surface area contributed by atoms with Gasteiger partial charge in [0.15, 0.2) is 0 Å². The number of nitrogens with zero attached hydrogens (tertiary/aromatic N) is 3. The van der Waals surface area contributed by atoms with Crippen molar-refractivity contribution in [3.05, 3.63) is 79.0 Å². The standard InChI is InChI=1S/C27H32N4O5S2/c1-5-14-29-26(32)25-19-30(37(33,34)23-12-13-24-20(18-23)7-6-15-28-24)16-17-31(25)38(35,36)22-10-8-21(9-11-22)27(2,3)4/h5-13,15,18,25H,1,14,16-17,19H2,2-4H3,(H,29,32)/t25-/m1/s1. The van der Waals surface area contributed by atoms with Crippen molar-refractivity contribution < 1.29 is 21.6 Å². The van der Waals surface area contributed by atoms with Crippen LogP contribution in [0.4, 0.5) is 0 Å². The Bertz CT molecular complexity index is 1560. The second-order valence-electron chi connectivity index (χ2n) is 10.2. The maximum Gasteiger partial charge on any atom is 0.243 e. The first-order chi connectivity index (χ1) is 17.9. The molecule has 38 heavy (non-hydrogen) atoms. The molecule has 1 aromatic heterocycles. The molecular weight excluding hydrogens is 524 g/mol. The van der Waals surface area contributed by atoms with Crippen LogP contribution >= 0.6 is 0 Å². The van der Waals surface area contributed by atoms with Gasteiger partial charge in [0.1, 0.15) is 6.04 Å². The molecule has 1 aliphatic heterocycles. The lowest BCUT2D eigenvalue weighted by Crippen LogP contribution is -2.61. The lowest BCUT2D eigenvalue weighted by Gasteiger charge is -2.39. The van der Waals surface area contributed by atoms with Crippen molar-refractivity contribution >= 4 is 36.9 Å². The van der Waals surface area contributed by atoms with E-state index in [-0.39, 0.29) is 41.4 Å². The molecule has 1 saturated heterocycles. The number of rotatable bonds is 7. The lowest BCUT2D eigenvalue weighted by molar-refractivity contribution is -0.125. The average Bonchev–Trinajstić information content (AvgIpc) is 2.90. The topological polar surface area (TPSA) is 117 Å². The number of fused-ring (bicyclic) bond motifs is 1. The van der Waals surface area contributed by atoms with Gasteiger partial charge in [0.05, 0.1) is 15.3 Å². The predicted octanol–water partition coefficient (Wildman–Crippen LogP) is 2.90. The first-order valence-electron chi connectivity index (χ1n) is 12.2. The predicted molar refractivity (Wildman–Crippen MR) is 147 cm³/mol. The van der Waals surface area contributed by atoms with Crippen molar-refractivity contribution in [1.82, 2.24) is 18.9 Å². The Morgan fingerprint density at radius 2 is 1.71 bits per heavy atom. The minimum absolute atomic E-state index is 0.0466. The quantitative estimate of drug-likeness (QED) is 0.448. The van der Waals surface area contributed by atoms with Crippen LogP contribution in [-0.2, 0) is 30.3 Å². The fourth-order valence-electron chi connectivity index (χ4n) is 4.38. The molecule has 0 radical (unpaired) electrons. The van der Waals surface area contributed by atoms with Gasteiger partial charge in [-0.15, -0.1) is 6.58 Å². The van der Waals surface area contributed by atoms with Crippen molar-refractivity contribution in [3.8, 4) is 0 Å². The van der Waals surface area contributed by atoms with Crippen molar-refractivity contribution in [2.45, 2.75) is 42.0 Å². The number of nitrogens with one attached hydrogen (secondary N) is 1. The largest absolute Gasteiger partial charge is 0.351 e.